The van der Waals surface area contributed by atoms with Crippen LogP contribution in [0, 0.1) is 0 Å². The van der Waals surface area contributed by atoms with Crippen molar-refractivity contribution in [3.8, 4) is 11.5 Å². The van der Waals surface area contributed by atoms with Gasteiger partial charge in [0.25, 0.3) is 0 Å². The van der Waals surface area contributed by atoms with E-state index >= 15 is 0 Å². The number of halogens is 1. The molecule has 6 nitrogen and oxygen atoms in total. The minimum Gasteiger partial charge on any atom is -0.490 e. The maximum Gasteiger partial charge on any atom is 0.225 e. The van der Waals surface area contributed by atoms with E-state index in [1.54, 1.807) is 7.11 Å². The first-order valence-electron chi connectivity index (χ1n) is 8.54. The highest BCUT2D eigenvalue weighted by atomic mass is 35.5. The fourth-order valence-corrected chi connectivity index (χ4v) is 2.90. The number of hydrogen-bond acceptors (Lipinski definition) is 5. The summed E-state index contributed by atoms with van der Waals surface area (Å²) < 4.78 is 16.6. The van der Waals surface area contributed by atoms with Gasteiger partial charge in [-0.2, -0.15) is 0 Å². The van der Waals surface area contributed by atoms with Gasteiger partial charge in [0.15, 0.2) is 11.5 Å². The van der Waals surface area contributed by atoms with Crippen LogP contribution in [-0.4, -0.2) is 50.3 Å². The van der Waals surface area contributed by atoms with Gasteiger partial charge in [0, 0.05) is 26.7 Å². The molecule has 7 heteroatoms. The van der Waals surface area contributed by atoms with E-state index in [0.717, 1.165) is 23.5 Å². The van der Waals surface area contributed by atoms with Crippen molar-refractivity contribution in [2.45, 2.75) is 39.3 Å². The van der Waals surface area contributed by atoms with Crippen LogP contribution in [0.4, 0.5) is 0 Å². The van der Waals surface area contributed by atoms with Gasteiger partial charge in [0.1, 0.15) is 0 Å². The SMILES string of the molecule is CCOc1cc2c(cc1OCC)CN(C(=O)CC(CN)OC)CC2.Cl. The zero-order valence-corrected chi connectivity index (χ0v) is 16.1. The van der Waals surface area contributed by atoms with Gasteiger partial charge in [-0.3, -0.25) is 4.79 Å². The zero-order valence-electron chi connectivity index (χ0n) is 15.2. The Kier molecular flexibility index (Phi) is 9.03. The number of hydrogen-bond donors (Lipinski definition) is 1. The second-order valence-corrected chi connectivity index (χ2v) is 5.80. The Bertz CT molecular complexity index is 564. The highest BCUT2D eigenvalue weighted by Gasteiger charge is 2.24. The highest BCUT2D eigenvalue weighted by Crippen LogP contribution is 2.34. The number of nitrogens with zero attached hydrogens (tertiary/aromatic N) is 1. The number of nitrogens with two attached hydrogens (primary N) is 1. The lowest BCUT2D eigenvalue weighted by Crippen LogP contribution is -2.39. The number of carbonyl (C=O) groups is 1. The summed E-state index contributed by atoms with van der Waals surface area (Å²) in [5.41, 5.74) is 7.94. The maximum absolute atomic E-state index is 12.5. The zero-order chi connectivity index (χ0) is 17.5. The summed E-state index contributed by atoms with van der Waals surface area (Å²) in [5, 5.41) is 0. The van der Waals surface area contributed by atoms with Crippen LogP contribution in [0.5, 0.6) is 11.5 Å². The van der Waals surface area contributed by atoms with E-state index in [4.69, 9.17) is 19.9 Å². The fraction of sp³-hybridized carbons (Fsp3) is 0.611. The molecule has 25 heavy (non-hydrogen) atoms. The Morgan fingerprint density at radius 3 is 2.32 bits per heavy atom. The third-order valence-corrected chi connectivity index (χ3v) is 4.23. The van der Waals surface area contributed by atoms with Crippen LogP contribution >= 0.6 is 12.4 Å². The van der Waals surface area contributed by atoms with Crippen molar-refractivity contribution in [1.29, 1.82) is 0 Å². The van der Waals surface area contributed by atoms with Crippen LogP contribution in [0.1, 0.15) is 31.4 Å². The van der Waals surface area contributed by atoms with Gasteiger partial charge in [-0.05, 0) is 43.5 Å². The molecule has 1 amide bonds. The topological polar surface area (TPSA) is 74.0 Å². The molecular formula is C18H29ClN2O4. The fourth-order valence-electron chi connectivity index (χ4n) is 2.90. The Balaban J connectivity index is 0.00000312. The van der Waals surface area contributed by atoms with Crippen molar-refractivity contribution in [3.05, 3.63) is 23.3 Å². The van der Waals surface area contributed by atoms with Gasteiger partial charge < -0.3 is 24.8 Å². The van der Waals surface area contributed by atoms with Crippen molar-refractivity contribution in [2.24, 2.45) is 5.73 Å². The Morgan fingerprint density at radius 2 is 1.80 bits per heavy atom. The molecule has 1 aliphatic heterocycles. The van der Waals surface area contributed by atoms with E-state index < -0.39 is 0 Å². The molecule has 1 unspecified atom stereocenters. The summed E-state index contributed by atoms with van der Waals surface area (Å²) in [4.78, 5) is 14.3. The monoisotopic (exact) mass is 372 g/mol. The highest BCUT2D eigenvalue weighted by molar-refractivity contribution is 5.85. The van der Waals surface area contributed by atoms with E-state index in [-0.39, 0.29) is 24.4 Å². The van der Waals surface area contributed by atoms with Gasteiger partial charge in [-0.1, -0.05) is 0 Å². The first-order valence-corrected chi connectivity index (χ1v) is 8.54. The van der Waals surface area contributed by atoms with Crippen molar-refractivity contribution in [2.75, 3.05) is 33.4 Å². The summed E-state index contributed by atoms with van der Waals surface area (Å²) in [6.07, 6.45) is 0.907. The number of fused-ring (bicyclic) bond motifs is 1. The maximum atomic E-state index is 12.5. The number of carbonyl (C=O) groups excluding carboxylic acids is 1. The molecule has 0 saturated heterocycles. The number of methoxy groups -OCH3 is 1. The summed E-state index contributed by atoms with van der Waals surface area (Å²) in [5.74, 6) is 1.59. The van der Waals surface area contributed by atoms with E-state index in [0.29, 0.717) is 39.3 Å². The molecule has 0 fully saturated rings. The molecular weight excluding hydrogens is 344 g/mol. The summed E-state index contributed by atoms with van der Waals surface area (Å²) in [7, 11) is 1.58. The molecule has 0 aromatic heterocycles. The van der Waals surface area contributed by atoms with Crippen molar-refractivity contribution < 1.29 is 19.0 Å². The number of amides is 1. The molecule has 1 aromatic carbocycles. The van der Waals surface area contributed by atoms with Crippen molar-refractivity contribution in [1.82, 2.24) is 4.90 Å². The minimum absolute atomic E-state index is 0. The molecule has 142 valence electrons. The van der Waals surface area contributed by atoms with E-state index in [1.165, 1.54) is 5.56 Å². The molecule has 0 aliphatic carbocycles. The lowest BCUT2D eigenvalue weighted by atomic mass is 9.98. The van der Waals surface area contributed by atoms with Crippen LogP contribution in [0.25, 0.3) is 0 Å². The van der Waals surface area contributed by atoms with Crippen LogP contribution in [0.2, 0.25) is 0 Å². The van der Waals surface area contributed by atoms with E-state index in [9.17, 15) is 4.79 Å². The molecule has 2 rings (SSSR count). The minimum atomic E-state index is -0.224. The second-order valence-electron chi connectivity index (χ2n) is 5.80. The summed E-state index contributed by atoms with van der Waals surface area (Å²) in [6.45, 7) is 6.71. The Hall–Kier alpha value is -1.50. The van der Waals surface area contributed by atoms with Crippen molar-refractivity contribution in [3.63, 3.8) is 0 Å². The van der Waals surface area contributed by atoms with Crippen LogP contribution in [0.3, 0.4) is 0 Å². The quantitative estimate of drug-likeness (QED) is 0.756. The molecule has 0 saturated carbocycles. The number of rotatable bonds is 8. The Morgan fingerprint density at radius 1 is 1.20 bits per heavy atom. The van der Waals surface area contributed by atoms with Gasteiger partial charge >= 0.3 is 0 Å². The van der Waals surface area contributed by atoms with Gasteiger partial charge in [-0.25, -0.2) is 0 Å². The lowest BCUT2D eigenvalue weighted by molar-refractivity contribution is -0.134. The Labute approximate surface area is 156 Å². The predicted molar refractivity (Wildman–Crippen MR) is 99.6 cm³/mol. The lowest BCUT2D eigenvalue weighted by Gasteiger charge is -2.30. The molecule has 2 N–H and O–H groups in total. The number of ether oxygens (including phenoxy) is 3. The molecule has 0 spiro atoms. The van der Waals surface area contributed by atoms with E-state index in [2.05, 4.69) is 0 Å². The third-order valence-electron chi connectivity index (χ3n) is 4.23. The van der Waals surface area contributed by atoms with Gasteiger partial charge in [0.2, 0.25) is 5.91 Å². The van der Waals surface area contributed by atoms with Gasteiger partial charge in [0.05, 0.1) is 25.7 Å². The second kappa shape index (κ2) is 10.5. The molecule has 0 bridgehead atoms. The normalized spacial score (nSPS) is 14.3. The first-order chi connectivity index (χ1) is 11.6. The molecule has 1 heterocycles. The average molecular weight is 373 g/mol. The van der Waals surface area contributed by atoms with Crippen LogP contribution in [0.15, 0.2) is 12.1 Å². The summed E-state index contributed by atoms with van der Waals surface area (Å²) in [6, 6.07) is 4.05. The molecule has 1 aromatic rings. The van der Waals surface area contributed by atoms with Gasteiger partial charge in [-0.15, -0.1) is 12.4 Å². The molecule has 1 atom stereocenters. The van der Waals surface area contributed by atoms with Crippen molar-refractivity contribution >= 4 is 18.3 Å². The van der Waals surface area contributed by atoms with Crippen LogP contribution < -0.4 is 15.2 Å². The number of benzene rings is 1. The summed E-state index contributed by atoms with van der Waals surface area (Å²) >= 11 is 0. The third kappa shape index (κ3) is 5.49. The van der Waals surface area contributed by atoms with E-state index in [1.807, 2.05) is 30.9 Å². The predicted octanol–water partition coefficient (Wildman–Crippen LogP) is 2.15. The molecule has 0 radical (unpaired) electrons. The standard InChI is InChI=1S/C18H28N2O4.ClH/c1-4-23-16-8-13-6-7-20(18(21)10-15(11-19)22-3)12-14(13)9-17(16)24-5-2;/h8-9,15H,4-7,10-12,19H2,1-3H3;1H. The van der Waals surface area contributed by atoms with Crippen LogP contribution in [-0.2, 0) is 22.5 Å². The largest absolute Gasteiger partial charge is 0.490 e. The smallest absolute Gasteiger partial charge is 0.225 e. The molecule has 1 aliphatic rings. The first kappa shape index (κ1) is 21.5. The average Bonchev–Trinajstić information content (AvgIpc) is 2.60.